The lowest BCUT2D eigenvalue weighted by atomic mass is 9.97. The van der Waals surface area contributed by atoms with Crippen molar-refractivity contribution >= 4 is 29.9 Å². The number of rotatable bonds is 6. The largest absolute Gasteiger partial charge is 0.377 e. The van der Waals surface area contributed by atoms with Crippen LogP contribution in [-0.4, -0.2) is 72.0 Å². The summed E-state index contributed by atoms with van der Waals surface area (Å²) >= 11 is 0. The standard InChI is InChI=1S/C18H33N7O.HI/c1-4-19-18(20-11-14-7-9-24(2)10-8-14)21-15-5-6-17-22-16(13-26-3)23-25(17)12-15;/h14-15H,4-13H2,1-3H3,(H2,19,20,21);1H. The van der Waals surface area contributed by atoms with Gasteiger partial charge in [0.15, 0.2) is 11.8 Å². The minimum Gasteiger partial charge on any atom is -0.377 e. The van der Waals surface area contributed by atoms with Crippen molar-refractivity contribution in [3.63, 3.8) is 0 Å². The number of fused-ring (bicyclic) bond motifs is 1. The average Bonchev–Trinajstić information content (AvgIpc) is 3.03. The van der Waals surface area contributed by atoms with Crippen molar-refractivity contribution in [2.75, 3.05) is 40.3 Å². The molecule has 1 fully saturated rings. The molecule has 0 amide bonds. The van der Waals surface area contributed by atoms with E-state index in [1.54, 1.807) is 7.11 Å². The second-order valence-corrected chi connectivity index (χ2v) is 7.41. The summed E-state index contributed by atoms with van der Waals surface area (Å²) in [5.41, 5.74) is 0. The first-order chi connectivity index (χ1) is 12.7. The van der Waals surface area contributed by atoms with Gasteiger partial charge < -0.3 is 20.3 Å². The molecule has 2 aliphatic rings. The zero-order chi connectivity index (χ0) is 18.4. The van der Waals surface area contributed by atoms with Gasteiger partial charge in [0.1, 0.15) is 12.4 Å². The van der Waals surface area contributed by atoms with Gasteiger partial charge in [0, 0.05) is 32.7 Å². The van der Waals surface area contributed by atoms with Gasteiger partial charge in [-0.1, -0.05) is 0 Å². The lowest BCUT2D eigenvalue weighted by molar-refractivity contribution is 0.177. The number of aromatic nitrogens is 3. The highest BCUT2D eigenvalue weighted by molar-refractivity contribution is 14.0. The van der Waals surface area contributed by atoms with E-state index in [4.69, 9.17) is 9.73 Å². The first-order valence-electron chi connectivity index (χ1n) is 9.82. The molecule has 1 aromatic heterocycles. The molecule has 1 aromatic rings. The van der Waals surface area contributed by atoms with E-state index in [1.165, 1.54) is 25.9 Å². The highest BCUT2D eigenvalue weighted by Gasteiger charge is 2.23. The minimum atomic E-state index is 0. The van der Waals surface area contributed by atoms with Crippen LogP contribution in [0.25, 0.3) is 0 Å². The number of guanidine groups is 1. The van der Waals surface area contributed by atoms with E-state index in [-0.39, 0.29) is 24.0 Å². The van der Waals surface area contributed by atoms with E-state index in [0.29, 0.717) is 18.6 Å². The molecule has 1 unspecified atom stereocenters. The van der Waals surface area contributed by atoms with Gasteiger partial charge in [-0.3, -0.25) is 4.99 Å². The first-order valence-corrected chi connectivity index (χ1v) is 9.82. The van der Waals surface area contributed by atoms with Crippen molar-refractivity contribution in [3.05, 3.63) is 11.6 Å². The Bertz CT molecular complexity index is 599. The molecule has 0 aliphatic carbocycles. The van der Waals surface area contributed by atoms with Crippen LogP contribution in [0, 0.1) is 5.92 Å². The van der Waals surface area contributed by atoms with Gasteiger partial charge in [-0.15, -0.1) is 24.0 Å². The van der Waals surface area contributed by atoms with Crippen LogP contribution in [0.3, 0.4) is 0 Å². The molecule has 0 spiro atoms. The highest BCUT2D eigenvalue weighted by Crippen LogP contribution is 2.16. The van der Waals surface area contributed by atoms with Crippen molar-refractivity contribution in [2.45, 2.75) is 51.8 Å². The number of nitrogens with zero attached hydrogens (tertiary/aromatic N) is 5. The second-order valence-electron chi connectivity index (χ2n) is 7.41. The van der Waals surface area contributed by atoms with Crippen molar-refractivity contribution in [3.8, 4) is 0 Å². The van der Waals surface area contributed by atoms with Gasteiger partial charge >= 0.3 is 0 Å². The molecule has 8 nitrogen and oxygen atoms in total. The van der Waals surface area contributed by atoms with Crippen molar-refractivity contribution in [1.82, 2.24) is 30.3 Å². The highest BCUT2D eigenvalue weighted by atomic mass is 127. The van der Waals surface area contributed by atoms with Gasteiger partial charge in [0.2, 0.25) is 0 Å². The minimum absolute atomic E-state index is 0. The lowest BCUT2D eigenvalue weighted by Crippen LogP contribution is -2.47. The predicted octanol–water partition coefficient (Wildman–Crippen LogP) is 1.25. The van der Waals surface area contributed by atoms with Crippen LogP contribution < -0.4 is 10.6 Å². The summed E-state index contributed by atoms with van der Waals surface area (Å²) in [4.78, 5) is 11.8. The Labute approximate surface area is 179 Å². The number of hydrogen-bond acceptors (Lipinski definition) is 5. The monoisotopic (exact) mass is 491 g/mol. The number of halogens is 1. The predicted molar refractivity (Wildman–Crippen MR) is 118 cm³/mol. The molecule has 1 saturated heterocycles. The maximum absolute atomic E-state index is 5.14. The van der Waals surface area contributed by atoms with Crippen LogP contribution in [0.5, 0.6) is 0 Å². The van der Waals surface area contributed by atoms with E-state index in [2.05, 4.69) is 39.6 Å². The SMILES string of the molecule is CCNC(=NCC1CCN(C)CC1)NC1CCc2nc(COC)nn2C1.I. The molecule has 2 N–H and O–H groups in total. The molecular formula is C18H34IN7O. The van der Waals surface area contributed by atoms with E-state index >= 15 is 0 Å². The summed E-state index contributed by atoms with van der Waals surface area (Å²) in [6.07, 6.45) is 4.47. The molecule has 3 rings (SSSR count). The Morgan fingerprint density at radius 1 is 1.30 bits per heavy atom. The maximum atomic E-state index is 5.14. The molecule has 1 atom stereocenters. The summed E-state index contributed by atoms with van der Waals surface area (Å²) in [7, 11) is 3.87. The van der Waals surface area contributed by atoms with Crippen molar-refractivity contribution < 1.29 is 4.74 Å². The molecule has 3 heterocycles. The van der Waals surface area contributed by atoms with Crippen LogP contribution in [-0.2, 0) is 24.3 Å². The van der Waals surface area contributed by atoms with E-state index in [1.807, 2.05) is 4.68 Å². The van der Waals surface area contributed by atoms with Crippen LogP contribution in [0.15, 0.2) is 4.99 Å². The Morgan fingerprint density at radius 2 is 2.07 bits per heavy atom. The van der Waals surface area contributed by atoms with E-state index in [9.17, 15) is 0 Å². The number of aryl methyl sites for hydroxylation is 1. The molecule has 9 heteroatoms. The van der Waals surface area contributed by atoms with Gasteiger partial charge in [0.25, 0.3) is 0 Å². The topological polar surface area (TPSA) is 79.6 Å². The molecular weight excluding hydrogens is 457 g/mol. The summed E-state index contributed by atoms with van der Waals surface area (Å²) in [6, 6.07) is 0.329. The molecule has 154 valence electrons. The number of aliphatic imine (C=N–C) groups is 1. The Balaban J connectivity index is 0.00000261. The molecule has 2 aliphatic heterocycles. The summed E-state index contributed by atoms with van der Waals surface area (Å²) in [6.45, 7) is 7.56. The zero-order valence-corrected chi connectivity index (χ0v) is 19.1. The number of nitrogens with one attached hydrogen (secondary N) is 2. The summed E-state index contributed by atoms with van der Waals surface area (Å²) in [5.74, 6) is 3.46. The quantitative estimate of drug-likeness (QED) is 0.355. The molecule has 0 aromatic carbocycles. The summed E-state index contributed by atoms with van der Waals surface area (Å²) < 4.78 is 7.15. The molecule has 0 radical (unpaired) electrons. The summed E-state index contributed by atoms with van der Waals surface area (Å²) in [5, 5.41) is 11.5. The lowest BCUT2D eigenvalue weighted by Gasteiger charge is -2.28. The van der Waals surface area contributed by atoms with Gasteiger partial charge in [-0.25, -0.2) is 9.67 Å². The van der Waals surface area contributed by atoms with Crippen molar-refractivity contribution in [1.29, 1.82) is 0 Å². The molecule has 27 heavy (non-hydrogen) atoms. The van der Waals surface area contributed by atoms with Crippen LogP contribution in [0.4, 0.5) is 0 Å². The van der Waals surface area contributed by atoms with Gasteiger partial charge in [-0.05, 0) is 52.2 Å². The van der Waals surface area contributed by atoms with Crippen LogP contribution in [0.1, 0.15) is 37.8 Å². The zero-order valence-electron chi connectivity index (χ0n) is 16.8. The first kappa shape index (κ1) is 22.4. The van der Waals surface area contributed by atoms with Crippen LogP contribution in [0.2, 0.25) is 0 Å². The van der Waals surface area contributed by atoms with Crippen LogP contribution >= 0.6 is 24.0 Å². The smallest absolute Gasteiger partial charge is 0.191 e. The molecule has 0 saturated carbocycles. The number of piperidine rings is 1. The Hall–Kier alpha value is -0.940. The van der Waals surface area contributed by atoms with Gasteiger partial charge in [0.05, 0.1) is 6.54 Å². The number of ether oxygens (including phenoxy) is 1. The fourth-order valence-corrected chi connectivity index (χ4v) is 3.65. The maximum Gasteiger partial charge on any atom is 0.191 e. The average molecular weight is 491 g/mol. The Morgan fingerprint density at radius 3 is 2.78 bits per heavy atom. The third-order valence-corrected chi connectivity index (χ3v) is 5.21. The Kier molecular flexibility index (Phi) is 9.24. The fraction of sp³-hybridized carbons (Fsp3) is 0.833. The van der Waals surface area contributed by atoms with Gasteiger partial charge in [-0.2, -0.15) is 5.10 Å². The number of likely N-dealkylation sites (tertiary alicyclic amines) is 1. The van der Waals surface area contributed by atoms with Crippen molar-refractivity contribution in [2.24, 2.45) is 10.9 Å². The number of methoxy groups -OCH3 is 1. The number of hydrogen-bond donors (Lipinski definition) is 2. The van der Waals surface area contributed by atoms with E-state index < -0.39 is 0 Å². The normalized spacial score (nSPS) is 21.4. The second kappa shape index (κ2) is 11.2. The van der Waals surface area contributed by atoms with E-state index in [0.717, 1.165) is 50.1 Å². The third kappa shape index (κ3) is 6.56. The fourth-order valence-electron chi connectivity index (χ4n) is 3.65. The third-order valence-electron chi connectivity index (χ3n) is 5.21. The molecule has 0 bridgehead atoms.